The molecule has 1 fully saturated rings. The second-order valence-electron chi connectivity index (χ2n) is 8.68. The summed E-state index contributed by atoms with van der Waals surface area (Å²) in [6, 6.07) is 12.2. The van der Waals surface area contributed by atoms with Gasteiger partial charge < -0.3 is 9.30 Å². The first-order valence-corrected chi connectivity index (χ1v) is 11.5. The molecular weight excluding hydrogens is 429 g/mol. The second kappa shape index (κ2) is 10.9. The highest BCUT2D eigenvalue weighted by molar-refractivity contribution is 5.83. The number of para-hydroxylation sites is 2. The predicted molar refractivity (Wildman–Crippen MR) is 124 cm³/mol. The number of hydrogen-bond donors (Lipinski definition) is 0. The third kappa shape index (κ3) is 6.36. The Morgan fingerprint density at radius 1 is 1.12 bits per heavy atom. The predicted octanol–water partition coefficient (Wildman–Crippen LogP) is 7.26. The minimum Gasteiger partial charge on any atom is -0.461 e. The van der Waals surface area contributed by atoms with Crippen LogP contribution < -0.4 is 0 Å². The van der Waals surface area contributed by atoms with Gasteiger partial charge in [0.1, 0.15) is 18.5 Å². The lowest BCUT2D eigenvalue weighted by Gasteiger charge is -2.26. The number of benzene rings is 2. The largest absolute Gasteiger partial charge is 0.461 e. The molecular formula is C26H31F3N2O2. The Kier molecular flexibility index (Phi) is 8.16. The fourth-order valence-electron chi connectivity index (χ4n) is 4.13. The van der Waals surface area contributed by atoms with Crippen LogP contribution in [0.1, 0.15) is 58.4 Å². The number of fused-ring (bicyclic) bond motifs is 1. The van der Waals surface area contributed by atoms with Gasteiger partial charge >= 0.3 is 12.1 Å². The maximum atomic E-state index is 13.2. The van der Waals surface area contributed by atoms with E-state index in [9.17, 15) is 18.0 Å². The Morgan fingerprint density at radius 2 is 1.85 bits per heavy atom. The summed E-state index contributed by atoms with van der Waals surface area (Å²) < 4.78 is 46.9. The molecule has 1 aromatic heterocycles. The highest BCUT2D eigenvalue weighted by Gasteiger charge is 2.31. The Hall–Kier alpha value is -2.83. The van der Waals surface area contributed by atoms with Gasteiger partial charge in [0.25, 0.3) is 0 Å². The summed E-state index contributed by atoms with van der Waals surface area (Å²) >= 11 is 0. The Labute approximate surface area is 192 Å². The number of alkyl halides is 3. The molecule has 0 N–H and O–H groups in total. The molecule has 2 aromatic carbocycles. The van der Waals surface area contributed by atoms with E-state index in [4.69, 9.17) is 4.74 Å². The minimum absolute atomic E-state index is 0.100. The second-order valence-corrected chi connectivity index (χ2v) is 8.68. The molecule has 1 saturated carbocycles. The summed E-state index contributed by atoms with van der Waals surface area (Å²) in [7, 11) is 0. The quantitative estimate of drug-likeness (QED) is 0.385. The van der Waals surface area contributed by atoms with Gasteiger partial charge in [0.15, 0.2) is 0 Å². The zero-order valence-corrected chi connectivity index (χ0v) is 19.4. The van der Waals surface area contributed by atoms with E-state index in [1.807, 2.05) is 6.07 Å². The highest BCUT2D eigenvalue weighted by Crippen LogP contribution is 2.33. The molecule has 2 unspecified atom stereocenters. The lowest BCUT2D eigenvalue weighted by atomic mass is 9.89. The van der Waals surface area contributed by atoms with Crippen molar-refractivity contribution >= 4 is 17.0 Å². The van der Waals surface area contributed by atoms with E-state index in [0.29, 0.717) is 28.3 Å². The number of imidazole rings is 1. The van der Waals surface area contributed by atoms with Crippen LogP contribution in [0.25, 0.3) is 22.4 Å². The van der Waals surface area contributed by atoms with Crippen molar-refractivity contribution < 1.29 is 22.7 Å². The van der Waals surface area contributed by atoms with Crippen molar-refractivity contribution in [1.82, 2.24) is 9.55 Å². The standard InChI is InChI=1S/C23H23F3N2O2.C3H8/c1-15-6-4-9-18(12-15)30-21(29)14-28-20-11-3-2-10-19(20)27-22(28)16-7-5-8-17(13-16)23(24,25)26;1-3-2/h2-3,5,7-8,10-11,13,15,18H,4,6,9,12,14H2,1H3;3H2,1-2H3. The van der Waals surface area contributed by atoms with Gasteiger partial charge in [-0.15, -0.1) is 0 Å². The molecule has 178 valence electrons. The van der Waals surface area contributed by atoms with Crippen molar-refractivity contribution in [3.8, 4) is 11.4 Å². The third-order valence-corrected chi connectivity index (χ3v) is 5.58. The maximum absolute atomic E-state index is 13.2. The fourth-order valence-corrected chi connectivity index (χ4v) is 4.13. The van der Waals surface area contributed by atoms with Gasteiger partial charge in [0.05, 0.1) is 16.6 Å². The number of ether oxygens (including phenoxy) is 1. The number of halogens is 3. The van der Waals surface area contributed by atoms with E-state index in [-0.39, 0.29) is 12.6 Å². The van der Waals surface area contributed by atoms with Gasteiger partial charge in [0.2, 0.25) is 0 Å². The van der Waals surface area contributed by atoms with E-state index in [1.54, 1.807) is 28.8 Å². The molecule has 3 aromatic rings. The molecule has 7 heteroatoms. The average molecular weight is 461 g/mol. The molecule has 0 aliphatic heterocycles. The van der Waals surface area contributed by atoms with E-state index < -0.39 is 17.7 Å². The number of aromatic nitrogens is 2. The lowest BCUT2D eigenvalue weighted by molar-refractivity contribution is -0.151. The van der Waals surface area contributed by atoms with E-state index in [0.717, 1.165) is 37.8 Å². The first-order valence-electron chi connectivity index (χ1n) is 11.5. The molecule has 1 heterocycles. The molecule has 0 amide bonds. The van der Waals surface area contributed by atoms with Crippen LogP contribution in [0.3, 0.4) is 0 Å². The Morgan fingerprint density at radius 3 is 2.55 bits per heavy atom. The number of hydrogen-bond acceptors (Lipinski definition) is 3. The van der Waals surface area contributed by atoms with Gasteiger partial charge in [-0.1, -0.05) is 57.9 Å². The SMILES string of the molecule is CC1CCCC(OC(=O)Cn2c(-c3cccc(C(F)(F)F)c3)nc3ccccc32)C1.CCC. The average Bonchev–Trinajstić information content (AvgIpc) is 3.12. The van der Waals surface area contributed by atoms with Gasteiger partial charge in [-0.2, -0.15) is 13.2 Å². The summed E-state index contributed by atoms with van der Waals surface area (Å²) in [5.41, 5.74) is 0.848. The Bertz CT molecular complexity index is 1070. The number of nitrogens with zero attached hydrogens (tertiary/aromatic N) is 2. The summed E-state index contributed by atoms with van der Waals surface area (Å²) in [6.07, 6.45) is 0.553. The normalized spacial score (nSPS) is 18.5. The van der Waals surface area contributed by atoms with Crippen molar-refractivity contribution in [1.29, 1.82) is 0 Å². The van der Waals surface area contributed by atoms with E-state index in [2.05, 4.69) is 25.8 Å². The highest BCUT2D eigenvalue weighted by atomic mass is 19.4. The first kappa shape index (κ1) is 24.8. The molecule has 0 saturated heterocycles. The fraction of sp³-hybridized carbons (Fsp3) is 0.462. The number of carbonyl (C=O) groups is 1. The van der Waals surface area contributed by atoms with Crippen LogP contribution >= 0.6 is 0 Å². The van der Waals surface area contributed by atoms with Crippen molar-refractivity contribution in [2.75, 3.05) is 0 Å². The van der Waals surface area contributed by atoms with Crippen molar-refractivity contribution in [2.24, 2.45) is 5.92 Å². The van der Waals surface area contributed by atoms with Gasteiger partial charge in [-0.3, -0.25) is 4.79 Å². The molecule has 33 heavy (non-hydrogen) atoms. The monoisotopic (exact) mass is 460 g/mol. The maximum Gasteiger partial charge on any atom is 0.416 e. The van der Waals surface area contributed by atoms with Crippen LogP contribution in [0.5, 0.6) is 0 Å². The molecule has 0 bridgehead atoms. The van der Waals surface area contributed by atoms with E-state index >= 15 is 0 Å². The molecule has 1 aliphatic carbocycles. The molecule has 1 aliphatic rings. The number of rotatable bonds is 4. The number of esters is 1. The summed E-state index contributed by atoms with van der Waals surface area (Å²) in [5, 5.41) is 0. The molecule has 0 radical (unpaired) electrons. The zero-order valence-electron chi connectivity index (χ0n) is 19.4. The van der Waals surface area contributed by atoms with Crippen LogP contribution in [0.4, 0.5) is 13.2 Å². The van der Waals surface area contributed by atoms with Crippen molar-refractivity contribution in [3.63, 3.8) is 0 Å². The topological polar surface area (TPSA) is 44.1 Å². The molecule has 4 nitrogen and oxygen atoms in total. The van der Waals surface area contributed by atoms with Crippen LogP contribution in [-0.2, 0) is 22.3 Å². The van der Waals surface area contributed by atoms with Crippen LogP contribution in [0.2, 0.25) is 0 Å². The summed E-state index contributed by atoms with van der Waals surface area (Å²) in [6.45, 7) is 6.30. The van der Waals surface area contributed by atoms with Crippen molar-refractivity contribution in [2.45, 2.75) is 71.7 Å². The van der Waals surface area contributed by atoms with Crippen LogP contribution in [0, 0.1) is 5.92 Å². The molecule has 0 spiro atoms. The first-order chi connectivity index (χ1) is 15.7. The van der Waals surface area contributed by atoms with Crippen LogP contribution in [0.15, 0.2) is 48.5 Å². The van der Waals surface area contributed by atoms with Gasteiger partial charge in [-0.05, 0) is 49.4 Å². The van der Waals surface area contributed by atoms with Gasteiger partial charge in [-0.25, -0.2) is 4.98 Å². The Balaban J connectivity index is 0.000000968. The van der Waals surface area contributed by atoms with Crippen molar-refractivity contribution in [3.05, 3.63) is 54.1 Å². The minimum atomic E-state index is -4.45. The van der Waals surface area contributed by atoms with Gasteiger partial charge in [0, 0.05) is 5.56 Å². The smallest absolute Gasteiger partial charge is 0.416 e. The summed E-state index contributed by atoms with van der Waals surface area (Å²) in [4.78, 5) is 17.2. The third-order valence-electron chi connectivity index (χ3n) is 5.58. The van der Waals surface area contributed by atoms with Crippen LogP contribution in [-0.4, -0.2) is 21.6 Å². The number of carbonyl (C=O) groups excluding carboxylic acids is 1. The zero-order chi connectivity index (χ0) is 24.0. The lowest BCUT2D eigenvalue weighted by Crippen LogP contribution is -2.26. The molecule has 2 atom stereocenters. The summed E-state index contributed by atoms with van der Waals surface area (Å²) in [5.74, 6) is 0.438. The van der Waals surface area contributed by atoms with E-state index in [1.165, 1.54) is 12.5 Å². The molecule has 4 rings (SSSR count).